The summed E-state index contributed by atoms with van der Waals surface area (Å²) < 4.78 is 16.6. The highest BCUT2D eigenvalue weighted by Crippen LogP contribution is 2.54. The van der Waals surface area contributed by atoms with Crippen molar-refractivity contribution in [2.75, 3.05) is 13.2 Å². The summed E-state index contributed by atoms with van der Waals surface area (Å²) in [5.41, 5.74) is 6.40. The molecule has 2 nitrogen and oxygen atoms in total. The summed E-state index contributed by atoms with van der Waals surface area (Å²) in [4.78, 5) is 8.67. The molecule has 2 unspecified atom stereocenters. The third kappa shape index (κ3) is 8.82. The zero-order valence-electron chi connectivity index (χ0n) is 33.3. The summed E-state index contributed by atoms with van der Waals surface area (Å²) in [5.74, 6) is 3.33. The minimum absolute atomic E-state index is 0.536. The first-order valence-electron chi connectivity index (χ1n) is 21.1. The van der Waals surface area contributed by atoms with Gasteiger partial charge in [-0.05, 0) is 117 Å². The molecule has 0 N–H and O–H groups in total. The molecule has 5 aromatic rings. The maximum Gasteiger partial charge on any atom is 0.146 e. The Morgan fingerprint density at radius 3 is 1.83 bits per heavy atom. The van der Waals surface area contributed by atoms with Crippen LogP contribution in [0.4, 0.5) is 0 Å². The van der Waals surface area contributed by atoms with E-state index < -0.39 is 0 Å². The van der Waals surface area contributed by atoms with Gasteiger partial charge in [-0.2, -0.15) is 0 Å². The van der Waals surface area contributed by atoms with Crippen LogP contribution in [0.3, 0.4) is 0 Å². The molecule has 0 spiro atoms. The van der Waals surface area contributed by atoms with E-state index in [1.165, 1.54) is 149 Å². The van der Waals surface area contributed by atoms with Gasteiger partial charge in [0.25, 0.3) is 0 Å². The molecular formula is C47H62O2S4. The quantitative estimate of drug-likeness (QED) is 0.0732. The minimum atomic E-state index is 0.536. The SMILES string of the molecule is CCCCCCC(C)COc1c2cc(C)sc2c(OCC(CCCC)CCCCCC)c2cc(-c3cc4c(s3)/C(=C3\CCc5cc(C)sc53)CC4)sc12. The van der Waals surface area contributed by atoms with Crippen molar-refractivity contribution in [1.29, 1.82) is 0 Å². The molecule has 4 heterocycles. The lowest BCUT2D eigenvalue weighted by Gasteiger charge is -2.20. The molecular weight excluding hydrogens is 725 g/mol. The first-order valence-corrected chi connectivity index (χ1v) is 24.3. The van der Waals surface area contributed by atoms with Gasteiger partial charge in [0.15, 0.2) is 0 Å². The van der Waals surface area contributed by atoms with Crippen molar-refractivity contribution >= 4 is 76.7 Å². The van der Waals surface area contributed by atoms with Crippen LogP contribution < -0.4 is 9.47 Å². The summed E-state index contributed by atoms with van der Waals surface area (Å²) in [6, 6.07) is 9.79. The Labute approximate surface area is 336 Å². The van der Waals surface area contributed by atoms with Gasteiger partial charge >= 0.3 is 0 Å². The number of ether oxygens (including phenoxy) is 2. The van der Waals surface area contributed by atoms with E-state index in [2.05, 4.69) is 65.8 Å². The lowest BCUT2D eigenvalue weighted by Crippen LogP contribution is -2.13. The van der Waals surface area contributed by atoms with Gasteiger partial charge in [0.1, 0.15) is 11.5 Å². The molecule has 7 rings (SSSR count). The fourth-order valence-corrected chi connectivity index (χ4v) is 13.4. The van der Waals surface area contributed by atoms with Crippen LogP contribution >= 0.6 is 45.3 Å². The Kier molecular flexibility index (Phi) is 13.4. The maximum absolute atomic E-state index is 7.11. The van der Waals surface area contributed by atoms with Gasteiger partial charge in [0, 0.05) is 40.0 Å². The molecule has 286 valence electrons. The van der Waals surface area contributed by atoms with E-state index in [4.69, 9.17) is 9.47 Å². The zero-order chi connectivity index (χ0) is 36.9. The van der Waals surface area contributed by atoms with E-state index in [1.54, 1.807) is 32.0 Å². The highest BCUT2D eigenvalue weighted by atomic mass is 32.1. The predicted octanol–water partition coefficient (Wildman–Crippen LogP) is 16.5. The van der Waals surface area contributed by atoms with Gasteiger partial charge in [-0.3, -0.25) is 0 Å². The third-order valence-corrected chi connectivity index (χ3v) is 16.4. The molecule has 0 saturated heterocycles. The molecule has 0 radical (unpaired) electrons. The Hall–Kier alpha value is -2.12. The summed E-state index contributed by atoms with van der Waals surface area (Å²) in [5, 5.41) is 2.51. The second kappa shape index (κ2) is 18.2. The molecule has 0 fully saturated rings. The number of allylic oxidation sites excluding steroid dienone is 2. The van der Waals surface area contributed by atoms with Gasteiger partial charge in [-0.25, -0.2) is 0 Å². The minimum Gasteiger partial charge on any atom is -0.491 e. The molecule has 53 heavy (non-hydrogen) atoms. The Morgan fingerprint density at radius 2 is 1.11 bits per heavy atom. The van der Waals surface area contributed by atoms with Crippen LogP contribution in [-0.4, -0.2) is 13.2 Å². The van der Waals surface area contributed by atoms with Crippen molar-refractivity contribution in [3.8, 4) is 21.3 Å². The molecule has 0 bridgehead atoms. The van der Waals surface area contributed by atoms with Crippen molar-refractivity contribution < 1.29 is 9.47 Å². The van der Waals surface area contributed by atoms with E-state index in [-0.39, 0.29) is 0 Å². The van der Waals surface area contributed by atoms with Gasteiger partial charge in [-0.15, -0.1) is 45.3 Å². The summed E-state index contributed by atoms with van der Waals surface area (Å²) in [6.45, 7) is 15.4. The van der Waals surface area contributed by atoms with E-state index >= 15 is 0 Å². The van der Waals surface area contributed by atoms with Crippen LogP contribution in [0.2, 0.25) is 0 Å². The molecule has 2 atom stereocenters. The Balaban J connectivity index is 1.25. The van der Waals surface area contributed by atoms with E-state index in [9.17, 15) is 0 Å². The predicted molar refractivity (Wildman–Crippen MR) is 238 cm³/mol. The van der Waals surface area contributed by atoms with E-state index in [0.717, 1.165) is 24.7 Å². The van der Waals surface area contributed by atoms with E-state index in [0.29, 0.717) is 11.8 Å². The van der Waals surface area contributed by atoms with Crippen LogP contribution in [0.15, 0.2) is 24.3 Å². The average Bonchev–Trinajstić information content (AvgIpc) is 3.99. The molecule has 4 aromatic heterocycles. The van der Waals surface area contributed by atoms with Crippen LogP contribution in [0.5, 0.6) is 11.5 Å². The van der Waals surface area contributed by atoms with Gasteiger partial charge in [0.2, 0.25) is 0 Å². The highest BCUT2D eigenvalue weighted by Gasteiger charge is 2.30. The van der Waals surface area contributed by atoms with Gasteiger partial charge in [-0.1, -0.05) is 91.9 Å². The largest absolute Gasteiger partial charge is 0.491 e. The van der Waals surface area contributed by atoms with Crippen molar-refractivity contribution in [2.45, 2.75) is 151 Å². The average molecular weight is 787 g/mol. The maximum atomic E-state index is 7.11. The molecule has 2 aliphatic carbocycles. The third-order valence-electron chi connectivity index (χ3n) is 11.6. The second-order valence-corrected chi connectivity index (χ2v) is 20.8. The molecule has 6 heteroatoms. The molecule has 0 saturated carbocycles. The smallest absolute Gasteiger partial charge is 0.146 e. The number of aryl methyl sites for hydroxylation is 4. The van der Waals surface area contributed by atoms with Crippen LogP contribution in [0, 0.1) is 25.7 Å². The lowest BCUT2D eigenvalue weighted by atomic mass is 9.96. The van der Waals surface area contributed by atoms with Crippen molar-refractivity contribution in [3.63, 3.8) is 0 Å². The summed E-state index contributed by atoms with van der Waals surface area (Å²) in [6.07, 6.45) is 21.6. The number of unbranched alkanes of at least 4 members (excludes halogenated alkanes) is 7. The van der Waals surface area contributed by atoms with Gasteiger partial charge < -0.3 is 9.47 Å². The Bertz CT molecular complexity index is 2010. The lowest BCUT2D eigenvalue weighted by molar-refractivity contribution is 0.229. The first-order chi connectivity index (χ1) is 25.9. The monoisotopic (exact) mass is 786 g/mol. The number of fused-ring (bicyclic) bond motifs is 4. The normalized spacial score (nSPS) is 16.6. The molecule has 0 aliphatic heterocycles. The fourth-order valence-electron chi connectivity index (χ4n) is 8.65. The number of thiophene rings is 4. The standard InChI is InChI=1S/C47H62O2S4/c1-7-10-13-15-17-30(4)28-48-42-38-25-32(6)51-46(38)43(49-29-33(18-12-9-3)19-16-14-11-8-2)39-27-41(53-47(39)42)40-26-35-21-23-37(45(35)52-40)36-22-20-34-24-31(5)50-44(34)36/h24-27,30,33H,7-23,28-29H2,1-6H3/b37-36+. The Morgan fingerprint density at radius 1 is 0.547 bits per heavy atom. The number of benzene rings is 1. The number of hydrogen-bond acceptors (Lipinski definition) is 6. The molecule has 0 amide bonds. The van der Waals surface area contributed by atoms with Gasteiger partial charge in [0.05, 0.1) is 22.6 Å². The van der Waals surface area contributed by atoms with Crippen molar-refractivity contribution in [1.82, 2.24) is 0 Å². The fraction of sp³-hybridized carbons (Fsp3) is 0.574. The van der Waals surface area contributed by atoms with Crippen LogP contribution in [0.25, 0.3) is 41.1 Å². The molecule has 2 aliphatic rings. The summed E-state index contributed by atoms with van der Waals surface area (Å²) >= 11 is 7.87. The zero-order valence-corrected chi connectivity index (χ0v) is 36.6. The first kappa shape index (κ1) is 39.1. The van der Waals surface area contributed by atoms with Crippen LogP contribution in [-0.2, 0) is 12.8 Å². The van der Waals surface area contributed by atoms with Crippen molar-refractivity contribution in [3.05, 3.63) is 54.9 Å². The van der Waals surface area contributed by atoms with Crippen LogP contribution in [0.1, 0.15) is 155 Å². The highest BCUT2D eigenvalue weighted by molar-refractivity contribution is 7.27. The second-order valence-electron chi connectivity index (χ2n) is 16.2. The molecule has 1 aromatic carbocycles. The topological polar surface area (TPSA) is 18.5 Å². The van der Waals surface area contributed by atoms with E-state index in [1.807, 2.05) is 45.3 Å². The number of rotatable bonds is 20. The van der Waals surface area contributed by atoms with Crippen molar-refractivity contribution in [2.24, 2.45) is 11.8 Å². The summed E-state index contributed by atoms with van der Waals surface area (Å²) in [7, 11) is 0. The number of hydrogen-bond donors (Lipinski definition) is 0.